The first-order chi connectivity index (χ1) is 13.9. The van der Waals surface area contributed by atoms with E-state index >= 15 is 0 Å². The van der Waals surface area contributed by atoms with Crippen LogP contribution in [0.5, 0.6) is 0 Å². The molecule has 4 rings (SSSR count). The smallest absolute Gasteiger partial charge is 0.413 e. The summed E-state index contributed by atoms with van der Waals surface area (Å²) in [5.41, 5.74) is 2.79. The van der Waals surface area contributed by atoms with E-state index in [1.54, 1.807) is 29.2 Å². The Hall–Kier alpha value is -3.03. The number of carbonyl (C=O) groups is 2. The molecule has 8 heteroatoms. The fraction of sp³-hybridized carbons (Fsp3) is 0.238. The van der Waals surface area contributed by atoms with Gasteiger partial charge in [0.15, 0.2) is 5.58 Å². The Balaban J connectivity index is 1.62. The highest BCUT2D eigenvalue weighted by Crippen LogP contribution is 2.35. The summed E-state index contributed by atoms with van der Waals surface area (Å²) in [7, 11) is 1.40. The Kier molecular flexibility index (Phi) is 5.17. The SMILES string of the molecule is CN(C(=O)O)c1cc2cc(-c3ccc(C(=O)N4CCOCC4)cc3)cc(Cl)c2o1. The van der Waals surface area contributed by atoms with E-state index in [0.29, 0.717) is 47.9 Å². The molecule has 0 bridgehead atoms. The van der Waals surface area contributed by atoms with Crippen molar-refractivity contribution in [2.24, 2.45) is 0 Å². The molecule has 1 aromatic heterocycles. The number of nitrogens with zero attached hydrogens (tertiary/aromatic N) is 2. The van der Waals surface area contributed by atoms with Crippen molar-refractivity contribution >= 4 is 40.5 Å². The van der Waals surface area contributed by atoms with Crippen molar-refractivity contribution in [2.75, 3.05) is 38.3 Å². The zero-order valence-corrected chi connectivity index (χ0v) is 16.5. The Morgan fingerprint density at radius 2 is 1.76 bits per heavy atom. The number of rotatable bonds is 3. The molecule has 29 heavy (non-hydrogen) atoms. The van der Waals surface area contributed by atoms with Gasteiger partial charge in [0.1, 0.15) is 0 Å². The molecule has 1 N–H and O–H groups in total. The number of benzene rings is 2. The van der Waals surface area contributed by atoms with Gasteiger partial charge in [-0.05, 0) is 35.4 Å². The molecule has 0 saturated carbocycles. The quantitative estimate of drug-likeness (QED) is 0.689. The van der Waals surface area contributed by atoms with Crippen LogP contribution in [0.2, 0.25) is 5.02 Å². The number of hydrogen-bond acceptors (Lipinski definition) is 4. The number of furan rings is 1. The summed E-state index contributed by atoms with van der Waals surface area (Å²) in [4.78, 5) is 26.5. The van der Waals surface area contributed by atoms with Crippen LogP contribution in [0, 0.1) is 0 Å². The molecule has 2 heterocycles. The molecule has 0 atom stereocenters. The molecular formula is C21H19ClN2O5. The second-order valence-electron chi connectivity index (χ2n) is 6.78. The zero-order valence-electron chi connectivity index (χ0n) is 15.7. The largest absolute Gasteiger partial charge is 0.465 e. The molecule has 2 aromatic carbocycles. The van der Waals surface area contributed by atoms with Gasteiger partial charge >= 0.3 is 6.09 Å². The van der Waals surface area contributed by atoms with E-state index < -0.39 is 6.09 Å². The fourth-order valence-corrected chi connectivity index (χ4v) is 3.54. The van der Waals surface area contributed by atoms with Crippen LogP contribution in [0.4, 0.5) is 10.7 Å². The predicted molar refractivity (Wildman–Crippen MR) is 110 cm³/mol. The molecule has 0 radical (unpaired) electrons. The van der Waals surface area contributed by atoms with Gasteiger partial charge in [0.25, 0.3) is 5.91 Å². The minimum Gasteiger partial charge on any atom is -0.465 e. The maximum absolute atomic E-state index is 12.6. The van der Waals surface area contributed by atoms with Gasteiger partial charge in [-0.1, -0.05) is 23.7 Å². The number of halogens is 1. The highest BCUT2D eigenvalue weighted by atomic mass is 35.5. The molecule has 0 unspecified atom stereocenters. The molecular weight excluding hydrogens is 396 g/mol. The van der Waals surface area contributed by atoms with Gasteiger partial charge in [0.2, 0.25) is 5.88 Å². The van der Waals surface area contributed by atoms with Gasteiger partial charge in [-0.3, -0.25) is 9.69 Å². The van der Waals surface area contributed by atoms with Crippen molar-refractivity contribution in [3.05, 3.63) is 53.1 Å². The molecule has 7 nitrogen and oxygen atoms in total. The first kappa shape index (κ1) is 19.3. The third kappa shape index (κ3) is 3.79. The molecule has 1 aliphatic rings. The van der Waals surface area contributed by atoms with E-state index in [9.17, 15) is 9.59 Å². The standard InChI is InChI=1S/C21H19ClN2O5/c1-23(21(26)27)18-12-16-10-15(11-17(22)19(16)29-18)13-2-4-14(5-3-13)20(25)24-6-8-28-9-7-24/h2-5,10-12H,6-9H2,1H3,(H,26,27). The molecule has 150 valence electrons. The topological polar surface area (TPSA) is 83.2 Å². The molecule has 0 aliphatic carbocycles. The summed E-state index contributed by atoms with van der Waals surface area (Å²) in [5.74, 6) is 0.183. The second kappa shape index (κ2) is 7.77. The van der Waals surface area contributed by atoms with Gasteiger partial charge in [-0.25, -0.2) is 4.79 Å². The van der Waals surface area contributed by atoms with E-state index in [0.717, 1.165) is 16.0 Å². The summed E-state index contributed by atoms with van der Waals surface area (Å²) < 4.78 is 10.9. The molecule has 1 fully saturated rings. The monoisotopic (exact) mass is 414 g/mol. The lowest BCUT2D eigenvalue weighted by molar-refractivity contribution is 0.0303. The van der Waals surface area contributed by atoms with Crippen LogP contribution in [0.25, 0.3) is 22.1 Å². The lowest BCUT2D eigenvalue weighted by Gasteiger charge is -2.26. The van der Waals surface area contributed by atoms with E-state index in [1.807, 2.05) is 18.2 Å². The minimum absolute atomic E-state index is 0.00970. The third-order valence-electron chi connectivity index (χ3n) is 4.94. The molecule has 0 spiro atoms. The van der Waals surface area contributed by atoms with E-state index in [1.165, 1.54) is 7.05 Å². The summed E-state index contributed by atoms with van der Waals surface area (Å²) in [6.45, 7) is 2.32. The fourth-order valence-electron chi connectivity index (χ4n) is 3.28. The highest BCUT2D eigenvalue weighted by molar-refractivity contribution is 6.35. The van der Waals surface area contributed by atoms with E-state index in [-0.39, 0.29) is 11.8 Å². The number of morpholine rings is 1. The van der Waals surface area contributed by atoms with Gasteiger partial charge in [-0.15, -0.1) is 0 Å². The summed E-state index contributed by atoms with van der Waals surface area (Å²) >= 11 is 6.36. The first-order valence-corrected chi connectivity index (χ1v) is 9.49. The lowest BCUT2D eigenvalue weighted by atomic mass is 10.0. The highest BCUT2D eigenvalue weighted by Gasteiger charge is 2.19. The Morgan fingerprint density at radius 3 is 2.41 bits per heavy atom. The molecule has 2 amide bonds. The Bertz CT molecular complexity index is 1070. The Morgan fingerprint density at radius 1 is 1.07 bits per heavy atom. The average Bonchev–Trinajstić information content (AvgIpc) is 3.18. The van der Waals surface area contributed by atoms with Gasteiger partial charge in [0.05, 0.1) is 18.2 Å². The van der Waals surface area contributed by atoms with Gasteiger partial charge in [-0.2, -0.15) is 0 Å². The normalized spacial score (nSPS) is 14.2. The number of carboxylic acid groups (broad SMARTS) is 1. The van der Waals surface area contributed by atoms with Crippen LogP contribution in [-0.4, -0.2) is 55.4 Å². The molecule has 3 aromatic rings. The number of amides is 2. The number of ether oxygens (including phenoxy) is 1. The van der Waals surface area contributed by atoms with Crippen LogP contribution >= 0.6 is 11.6 Å². The van der Waals surface area contributed by atoms with E-state index in [2.05, 4.69) is 0 Å². The number of fused-ring (bicyclic) bond motifs is 1. The predicted octanol–water partition coefficient (Wildman–Crippen LogP) is 4.34. The Labute approximate surface area is 172 Å². The third-order valence-corrected chi connectivity index (χ3v) is 5.22. The van der Waals surface area contributed by atoms with Crippen molar-refractivity contribution < 1.29 is 23.8 Å². The van der Waals surface area contributed by atoms with Gasteiger partial charge < -0.3 is 19.2 Å². The summed E-state index contributed by atoms with van der Waals surface area (Å²) in [6.07, 6.45) is -1.12. The number of hydrogen-bond donors (Lipinski definition) is 1. The van der Waals surface area contributed by atoms with Crippen LogP contribution in [-0.2, 0) is 4.74 Å². The van der Waals surface area contributed by atoms with Crippen LogP contribution in [0.15, 0.2) is 46.9 Å². The van der Waals surface area contributed by atoms with Crippen LogP contribution < -0.4 is 4.90 Å². The number of carbonyl (C=O) groups excluding carboxylic acids is 1. The van der Waals surface area contributed by atoms with Crippen molar-refractivity contribution in [3.63, 3.8) is 0 Å². The zero-order chi connectivity index (χ0) is 20.5. The maximum atomic E-state index is 12.6. The number of anilines is 1. The lowest BCUT2D eigenvalue weighted by Crippen LogP contribution is -2.40. The van der Waals surface area contributed by atoms with Gasteiger partial charge in [0, 0.05) is 37.2 Å². The summed E-state index contributed by atoms with van der Waals surface area (Å²) in [5, 5.41) is 10.2. The van der Waals surface area contributed by atoms with Crippen molar-refractivity contribution in [1.29, 1.82) is 0 Å². The minimum atomic E-state index is -1.12. The summed E-state index contributed by atoms with van der Waals surface area (Å²) in [6, 6.07) is 12.6. The van der Waals surface area contributed by atoms with Crippen molar-refractivity contribution in [1.82, 2.24) is 4.90 Å². The molecule has 1 saturated heterocycles. The maximum Gasteiger partial charge on any atom is 0.413 e. The average molecular weight is 415 g/mol. The van der Waals surface area contributed by atoms with Crippen molar-refractivity contribution in [3.8, 4) is 11.1 Å². The van der Waals surface area contributed by atoms with E-state index in [4.69, 9.17) is 25.9 Å². The van der Waals surface area contributed by atoms with Crippen LogP contribution in [0.3, 0.4) is 0 Å². The van der Waals surface area contributed by atoms with Crippen molar-refractivity contribution in [2.45, 2.75) is 0 Å². The molecule has 1 aliphatic heterocycles. The van der Waals surface area contributed by atoms with Crippen LogP contribution in [0.1, 0.15) is 10.4 Å². The second-order valence-corrected chi connectivity index (χ2v) is 7.19. The first-order valence-electron chi connectivity index (χ1n) is 9.11.